The fraction of sp³-hybridized carbons (Fsp3) is 0.200. The van der Waals surface area contributed by atoms with Crippen LogP contribution in [0.3, 0.4) is 0 Å². The van der Waals surface area contributed by atoms with Crippen molar-refractivity contribution in [2.75, 3.05) is 14.1 Å². The summed E-state index contributed by atoms with van der Waals surface area (Å²) in [5.41, 5.74) is 1.92. The van der Waals surface area contributed by atoms with Crippen molar-refractivity contribution >= 4 is 16.7 Å². The predicted octanol–water partition coefficient (Wildman–Crippen LogP) is 3.44. The first kappa shape index (κ1) is 16.0. The number of benzene rings is 2. The molecule has 3 rings (SSSR count). The monoisotopic (exact) mass is 320 g/mol. The molecule has 0 radical (unpaired) electrons. The Morgan fingerprint density at radius 3 is 2.58 bits per heavy atom. The van der Waals surface area contributed by atoms with Crippen LogP contribution >= 0.6 is 0 Å². The van der Waals surface area contributed by atoms with Crippen LogP contribution in [-0.4, -0.2) is 29.9 Å². The molecule has 0 bridgehead atoms. The molecule has 4 nitrogen and oxygen atoms in total. The fourth-order valence-electron chi connectivity index (χ4n) is 2.45. The zero-order valence-electron chi connectivity index (χ0n) is 13.9. The quantitative estimate of drug-likeness (QED) is 0.723. The van der Waals surface area contributed by atoms with Gasteiger partial charge in [0.05, 0.1) is 12.1 Å². The van der Waals surface area contributed by atoms with Gasteiger partial charge in [-0.05, 0) is 40.6 Å². The molecule has 0 fully saturated rings. The minimum Gasteiger partial charge on any atom is -0.487 e. The molecule has 0 atom stereocenters. The Kier molecular flexibility index (Phi) is 4.75. The number of carbonyl (C=O) groups excluding carboxylic acids is 1. The summed E-state index contributed by atoms with van der Waals surface area (Å²) in [7, 11) is 3.54. The van der Waals surface area contributed by atoms with Crippen LogP contribution in [0.4, 0.5) is 0 Å². The highest BCUT2D eigenvalue weighted by molar-refractivity contribution is 5.86. The first-order valence-corrected chi connectivity index (χ1v) is 7.87. The lowest BCUT2D eigenvalue weighted by Gasteiger charge is -2.11. The number of ether oxygens (including phenoxy) is 1. The maximum Gasteiger partial charge on any atom is 0.226 e. The van der Waals surface area contributed by atoms with Crippen molar-refractivity contribution in [2.45, 2.75) is 13.0 Å². The van der Waals surface area contributed by atoms with Crippen molar-refractivity contribution < 1.29 is 9.53 Å². The van der Waals surface area contributed by atoms with Crippen molar-refractivity contribution in [3.8, 4) is 5.75 Å². The van der Waals surface area contributed by atoms with Gasteiger partial charge in [-0.25, -0.2) is 0 Å². The van der Waals surface area contributed by atoms with Crippen molar-refractivity contribution in [1.82, 2.24) is 9.88 Å². The second-order valence-corrected chi connectivity index (χ2v) is 5.92. The lowest BCUT2D eigenvalue weighted by molar-refractivity contribution is -0.127. The lowest BCUT2D eigenvalue weighted by Crippen LogP contribution is -2.23. The molecule has 0 aliphatic rings. The summed E-state index contributed by atoms with van der Waals surface area (Å²) in [5, 5.41) is 2.19. The molecule has 122 valence electrons. The van der Waals surface area contributed by atoms with Crippen molar-refractivity contribution in [3.05, 3.63) is 72.1 Å². The molecule has 4 heteroatoms. The van der Waals surface area contributed by atoms with E-state index >= 15 is 0 Å². The standard InChI is InChI=1S/C20H20N2O2/c1-22(2)20(23)12-15-6-7-17-13-19(9-8-16(17)11-15)24-14-18-5-3-4-10-21-18/h3-11,13H,12,14H2,1-2H3. The van der Waals surface area contributed by atoms with Crippen LogP contribution in [0, 0.1) is 0 Å². The van der Waals surface area contributed by atoms with Gasteiger partial charge in [0.15, 0.2) is 0 Å². The SMILES string of the molecule is CN(C)C(=O)Cc1ccc2cc(OCc3ccccn3)ccc2c1. The van der Waals surface area contributed by atoms with E-state index in [1.807, 2.05) is 48.5 Å². The zero-order chi connectivity index (χ0) is 16.9. The maximum atomic E-state index is 11.8. The number of pyridine rings is 1. The van der Waals surface area contributed by atoms with Gasteiger partial charge >= 0.3 is 0 Å². The summed E-state index contributed by atoms with van der Waals surface area (Å²) in [6.45, 7) is 0.446. The third kappa shape index (κ3) is 3.90. The predicted molar refractivity (Wildman–Crippen MR) is 94.9 cm³/mol. The molecule has 0 spiro atoms. The van der Waals surface area contributed by atoms with Crippen molar-refractivity contribution in [2.24, 2.45) is 0 Å². The van der Waals surface area contributed by atoms with Gasteiger partial charge < -0.3 is 9.64 Å². The van der Waals surface area contributed by atoms with Gasteiger partial charge in [-0.3, -0.25) is 9.78 Å². The van der Waals surface area contributed by atoms with E-state index in [9.17, 15) is 4.79 Å². The number of hydrogen-bond acceptors (Lipinski definition) is 3. The summed E-state index contributed by atoms with van der Waals surface area (Å²) in [5.74, 6) is 0.912. The molecule has 1 aromatic heterocycles. The number of likely N-dealkylation sites (N-methyl/N-ethyl adjacent to an activating group) is 1. The van der Waals surface area contributed by atoms with Crippen LogP contribution < -0.4 is 4.74 Å². The van der Waals surface area contributed by atoms with Crippen LogP contribution in [0.1, 0.15) is 11.3 Å². The summed E-state index contributed by atoms with van der Waals surface area (Å²) >= 11 is 0. The van der Waals surface area contributed by atoms with Crippen LogP contribution in [0.2, 0.25) is 0 Å². The van der Waals surface area contributed by atoms with E-state index in [-0.39, 0.29) is 5.91 Å². The molecule has 0 N–H and O–H groups in total. The van der Waals surface area contributed by atoms with Gasteiger partial charge in [0.2, 0.25) is 5.91 Å². The van der Waals surface area contributed by atoms with Crippen LogP contribution in [-0.2, 0) is 17.8 Å². The lowest BCUT2D eigenvalue weighted by atomic mass is 10.0. The van der Waals surface area contributed by atoms with Gasteiger partial charge in [-0.1, -0.05) is 30.3 Å². The molecule has 0 saturated carbocycles. The molecule has 1 amide bonds. The van der Waals surface area contributed by atoms with Crippen molar-refractivity contribution in [3.63, 3.8) is 0 Å². The average molecular weight is 320 g/mol. The second kappa shape index (κ2) is 7.13. The van der Waals surface area contributed by atoms with E-state index in [1.165, 1.54) is 0 Å². The number of rotatable bonds is 5. The number of amides is 1. The largest absolute Gasteiger partial charge is 0.487 e. The summed E-state index contributed by atoms with van der Waals surface area (Å²) in [6, 6.07) is 17.8. The number of carbonyl (C=O) groups is 1. The van der Waals surface area contributed by atoms with E-state index < -0.39 is 0 Å². The number of nitrogens with zero attached hydrogens (tertiary/aromatic N) is 2. The van der Waals surface area contributed by atoms with Gasteiger partial charge in [0, 0.05) is 20.3 Å². The average Bonchev–Trinajstić information content (AvgIpc) is 2.60. The Morgan fingerprint density at radius 2 is 1.83 bits per heavy atom. The molecule has 2 aromatic carbocycles. The molecule has 0 aliphatic heterocycles. The zero-order valence-corrected chi connectivity index (χ0v) is 13.9. The van der Waals surface area contributed by atoms with Crippen LogP contribution in [0.15, 0.2) is 60.8 Å². The van der Waals surface area contributed by atoms with Gasteiger partial charge in [0.25, 0.3) is 0 Å². The Balaban J connectivity index is 1.73. The summed E-state index contributed by atoms with van der Waals surface area (Å²) < 4.78 is 5.80. The third-order valence-electron chi connectivity index (χ3n) is 3.84. The van der Waals surface area contributed by atoms with Gasteiger partial charge in [-0.15, -0.1) is 0 Å². The minimum atomic E-state index is 0.102. The molecule has 3 aromatic rings. The fourth-order valence-corrected chi connectivity index (χ4v) is 2.45. The van der Waals surface area contributed by atoms with Crippen molar-refractivity contribution in [1.29, 1.82) is 0 Å². The molecule has 0 aliphatic carbocycles. The number of fused-ring (bicyclic) bond motifs is 1. The second-order valence-electron chi connectivity index (χ2n) is 5.92. The first-order chi connectivity index (χ1) is 11.6. The Hall–Kier alpha value is -2.88. The summed E-state index contributed by atoms with van der Waals surface area (Å²) in [6.07, 6.45) is 2.18. The highest BCUT2D eigenvalue weighted by Gasteiger charge is 2.06. The maximum absolute atomic E-state index is 11.8. The van der Waals surface area contributed by atoms with E-state index in [1.54, 1.807) is 25.2 Å². The normalized spacial score (nSPS) is 10.6. The van der Waals surface area contributed by atoms with Gasteiger partial charge in [-0.2, -0.15) is 0 Å². The van der Waals surface area contributed by atoms with E-state index in [2.05, 4.69) is 11.1 Å². The molecule has 24 heavy (non-hydrogen) atoms. The Bertz CT molecular complexity index is 845. The molecule has 0 saturated heterocycles. The number of hydrogen-bond donors (Lipinski definition) is 0. The topological polar surface area (TPSA) is 42.4 Å². The van der Waals surface area contributed by atoms with E-state index in [0.29, 0.717) is 13.0 Å². The van der Waals surface area contributed by atoms with Crippen LogP contribution in [0.5, 0.6) is 5.75 Å². The smallest absolute Gasteiger partial charge is 0.226 e. The summed E-state index contributed by atoms with van der Waals surface area (Å²) in [4.78, 5) is 17.7. The first-order valence-electron chi connectivity index (χ1n) is 7.87. The highest BCUT2D eigenvalue weighted by atomic mass is 16.5. The minimum absolute atomic E-state index is 0.102. The van der Waals surface area contributed by atoms with Gasteiger partial charge in [0.1, 0.15) is 12.4 Å². The Labute approximate surface area is 141 Å². The third-order valence-corrected chi connectivity index (χ3v) is 3.84. The Morgan fingerprint density at radius 1 is 1.04 bits per heavy atom. The molecule has 0 unspecified atom stereocenters. The molecule has 1 heterocycles. The molecular weight excluding hydrogens is 300 g/mol. The van der Waals surface area contributed by atoms with E-state index in [0.717, 1.165) is 27.8 Å². The van der Waals surface area contributed by atoms with E-state index in [4.69, 9.17) is 4.74 Å². The molecular formula is C20H20N2O2. The highest BCUT2D eigenvalue weighted by Crippen LogP contribution is 2.23. The number of aromatic nitrogens is 1. The van der Waals surface area contributed by atoms with Crippen LogP contribution in [0.25, 0.3) is 10.8 Å².